The summed E-state index contributed by atoms with van der Waals surface area (Å²) in [5.74, 6) is -0.941. The Morgan fingerprint density at radius 1 is 1.09 bits per heavy atom. The van der Waals surface area contributed by atoms with Gasteiger partial charge in [-0.3, -0.25) is 4.79 Å². The van der Waals surface area contributed by atoms with Crippen molar-refractivity contribution in [3.05, 3.63) is 59.9 Å². The lowest BCUT2D eigenvalue weighted by Gasteiger charge is -2.30. The summed E-state index contributed by atoms with van der Waals surface area (Å²) < 4.78 is 20.1. The van der Waals surface area contributed by atoms with E-state index >= 15 is 0 Å². The number of aromatic nitrogens is 2. The second-order valence-electron chi connectivity index (χ2n) is 8.05. The number of ether oxygens (including phenoxy) is 1. The van der Waals surface area contributed by atoms with Crippen LogP contribution in [0.15, 0.2) is 48.5 Å². The van der Waals surface area contributed by atoms with Crippen LogP contribution in [0.2, 0.25) is 0 Å². The SMILES string of the molecule is COc1cc(Nc2nc(N[C@@H]3CCCCC3N)c(F)cc2C(N)=O)cc(-c2ccccc2)n1. The summed E-state index contributed by atoms with van der Waals surface area (Å²) in [7, 11) is 1.52. The van der Waals surface area contributed by atoms with Crippen LogP contribution in [0.1, 0.15) is 36.0 Å². The number of anilines is 3. The standard InChI is InChI=1S/C24H27FN6O2/c1-33-21-12-15(11-20(29-21)14-7-3-2-4-8-14)28-23-16(22(27)32)13-17(25)24(31-23)30-19-10-6-5-9-18(19)26/h2-4,7-8,11-13,18-19H,5-6,9-10,26H2,1H3,(H2,27,32)(H2,28,29,30,31)/t18?,19-/m1/s1. The Bertz CT molecular complexity index is 1140. The molecule has 0 bridgehead atoms. The van der Waals surface area contributed by atoms with Crippen LogP contribution in [0.5, 0.6) is 5.88 Å². The molecule has 2 aromatic heterocycles. The van der Waals surface area contributed by atoms with E-state index in [1.165, 1.54) is 7.11 Å². The molecule has 3 aromatic rings. The van der Waals surface area contributed by atoms with E-state index < -0.39 is 11.7 Å². The van der Waals surface area contributed by atoms with Crippen LogP contribution >= 0.6 is 0 Å². The Labute approximate surface area is 191 Å². The number of hydrogen-bond acceptors (Lipinski definition) is 7. The van der Waals surface area contributed by atoms with Crippen molar-refractivity contribution in [2.24, 2.45) is 11.5 Å². The van der Waals surface area contributed by atoms with E-state index in [9.17, 15) is 9.18 Å². The number of methoxy groups -OCH3 is 1. The van der Waals surface area contributed by atoms with Crippen molar-refractivity contribution in [1.29, 1.82) is 0 Å². The molecule has 0 radical (unpaired) electrons. The first kappa shape index (κ1) is 22.5. The zero-order valence-electron chi connectivity index (χ0n) is 18.3. The Hall–Kier alpha value is -3.72. The summed E-state index contributed by atoms with van der Waals surface area (Å²) in [5.41, 5.74) is 13.7. The summed E-state index contributed by atoms with van der Waals surface area (Å²) in [6.07, 6.45) is 3.75. The van der Waals surface area contributed by atoms with E-state index in [0.29, 0.717) is 17.3 Å². The largest absolute Gasteiger partial charge is 0.481 e. The van der Waals surface area contributed by atoms with Gasteiger partial charge < -0.3 is 26.8 Å². The lowest BCUT2D eigenvalue weighted by atomic mass is 9.91. The Morgan fingerprint density at radius 3 is 2.55 bits per heavy atom. The first-order valence-electron chi connectivity index (χ1n) is 10.9. The lowest BCUT2D eigenvalue weighted by molar-refractivity contribution is 0.100. The average molecular weight is 451 g/mol. The molecule has 2 atom stereocenters. The summed E-state index contributed by atoms with van der Waals surface area (Å²) >= 11 is 0. The minimum Gasteiger partial charge on any atom is -0.481 e. The maximum Gasteiger partial charge on any atom is 0.252 e. The number of amides is 1. The highest BCUT2D eigenvalue weighted by molar-refractivity contribution is 5.98. The summed E-state index contributed by atoms with van der Waals surface area (Å²) in [4.78, 5) is 20.9. The van der Waals surface area contributed by atoms with Crippen molar-refractivity contribution in [2.75, 3.05) is 17.7 Å². The fraction of sp³-hybridized carbons (Fsp3) is 0.292. The zero-order valence-corrected chi connectivity index (χ0v) is 18.3. The van der Waals surface area contributed by atoms with Crippen LogP contribution in [-0.2, 0) is 0 Å². The first-order valence-corrected chi connectivity index (χ1v) is 10.9. The molecule has 1 aliphatic rings. The molecule has 0 saturated heterocycles. The quantitative estimate of drug-likeness (QED) is 0.431. The molecule has 8 nitrogen and oxygen atoms in total. The normalized spacial score (nSPS) is 17.9. The van der Waals surface area contributed by atoms with Crippen LogP contribution < -0.4 is 26.8 Å². The monoisotopic (exact) mass is 450 g/mol. The van der Waals surface area contributed by atoms with Gasteiger partial charge in [0, 0.05) is 29.4 Å². The molecule has 1 fully saturated rings. The Balaban J connectivity index is 1.70. The second kappa shape index (κ2) is 9.83. The number of hydrogen-bond donors (Lipinski definition) is 4. The molecule has 2 heterocycles. The first-order chi connectivity index (χ1) is 15.9. The van der Waals surface area contributed by atoms with Crippen LogP contribution in [0.25, 0.3) is 11.3 Å². The van der Waals surface area contributed by atoms with Gasteiger partial charge in [0.1, 0.15) is 5.82 Å². The van der Waals surface area contributed by atoms with E-state index in [0.717, 1.165) is 37.3 Å². The van der Waals surface area contributed by atoms with E-state index in [1.54, 1.807) is 12.1 Å². The van der Waals surface area contributed by atoms with Gasteiger partial charge in [0.25, 0.3) is 5.91 Å². The molecule has 0 spiro atoms. The smallest absolute Gasteiger partial charge is 0.252 e. The highest BCUT2D eigenvalue weighted by atomic mass is 19.1. The van der Waals surface area contributed by atoms with Crippen LogP contribution in [0, 0.1) is 5.82 Å². The number of nitrogens with two attached hydrogens (primary N) is 2. The van der Waals surface area contributed by atoms with Gasteiger partial charge in [0.2, 0.25) is 5.88 Å². The third-order valence-corrected chi connectivity index (χ3v) is 5.73. The van der Waals surface area contributed by atoms with E-state index in [1.807, 2.05) is 30.3 Å². The Kier molecular flexibility index (Phi) is 6.69. The molecule has 9 heteroatoms. The van der Waals surface area contributed by atoms with Crippen LogP contribution in [0.3, 0.4) is 0 Å². The number of nitrogens with one attached hydrogen (secondary N) is 2. The van der Waals surface area contributed by atoms with Gasteiger partial charge in [-0.05, 0) is 25.0 Å². The summed E-state index contributed by atoms with van der Waals surface area (Å²) in [5, 5.41) is 6.20. The predicted molar refractivity (Wildman–Crippen MR) is 126 cm³/mol. The molecule has 6 N–H and O–H groups in total. The molecule has 4 rings (SSSR count). The minimum atomic E-state index is -0.797. The molecular formula is C24H27FN6O2. The molecule has 1 unspecified atom stereocenters. The van der Waals surface area contributed by atoms with Crippen molar-refractivity contribution in [2.45, 2.75) is 37.8 Å². The van der Waals surface area contributed by atoms with Crippen molar-refractivity contribution < 1.29 is 13.9 Å². The molecule has 0 aliphatic heterocycles. The molecule has 1 amide bonds. The molecule has 1 aromatic carbocycles. The van der Waals surface area contributed by atoms with Gasteiger partial charge in [-0.2, -0.15) is 0 Å². The Morgan fingerprint density at radius 2 is 1.85 bits per heavy atom. The van der Waals surface area contributed by atoms with Crippen LogP contribution in [0.4, 0.5) is 21.7 Å². The molecule has 33 heavy (non-hydrogen) atoms. The lowest BCUT2D eigenvalue weighted by Crippen LogP contribution is -2.43. The minimum absolute atomic E-state index is 0.0224. The van der Waals surface area contributed by atoms with Crippen molar-refractivity contribution >= 4 is 23.2 Å². The number of pyridine rings is 2. The third-order valence-electron chi connectivity index (χ3n) is 5.73. The van der Waals surface area contributed by atoms with Crippen molar-refractivity contribution in [3.8, 4) is 17.1 Å². The fourth-order valence-electron chi connectivity index (χ4n) is 3.96. The van der Waals surface area contributed by atoms with E-state index in [2.05, 4.69) is 20.6 Å². The highest BCUT2D eigenvalue weighted by Gasteiger charge is 2.24. The number of halogens is 1. The second-order valence-corrected chi connectivity index (χ2v) is 8.05. The fourth-order valence-corrected chi connectivity index (χ4v) is 3.96. The predicted octanol–water partition coefficient (Wildman–Crippen LogP) is 3.82. The number of primary amides is 1. The van der Waals surface area contributed by atoms with Crippen molar-refractivity contribution in [1.82, 2.24) is 9.97 Å². The molecule has 1 aliphatic carbocycles. The highest BCUT2D eigenvalue weighted by Crippen LogP contribution is 2.30. The van der Waals surface area contributed by atoms with E-state index in [4.69, 9.17) is 16.2 Å². The maximum absolute atomic E-state index is 14.8. The van der Waals surface area contributed by atoms with Crippen molar-refractivity contribution in [3.63, 3.8) is 0 Å². The van der Waals surface area contributed by atoms with Crippen LogP contribution in [-0.4, -0.2) is 35.1 Å². The number of carbonyl (C=O) groups excluding carboxylic acids is 1. The van der Waals surface area contributed by atoms with E-state index in [-0.39, 0.29) is 29.3 Å². The summed E-state index contributed by atoms with van der Waals surface area (Å²) in [6.45, 7) is 0. The molecule has 172 valence electrons. The maximum atomic E-state index is 14.8. The van der Waals surface area contributed by atoms with Gasteiger partial charge >= 0.3 is 0 Å². The van der Waals surface area contributed by atoms with Gasteiger partial charge in [0.05, 0.1) is 18.4 Å². The number of rotatable bonds is 7. The average Bonchev–Trinajstić information content (AvgIpc) is 2.82. The topological polar surface area (TPSA) is 128 Å². The summed E-state index contributed by atoms with van der Waals surface area (Å²) in [6, 6.07) is 13.9. The van der Waals surface area contributed by atoms with Gasteiger partial charge in [0.15, 0.2) is 11.6 Å². The number of carbonyl (C=O) groups is 1. The van der Waals surface area contributed by atoms with Gasteiger partial charge in [-0.15, -0.1) is 0 Å². The van der Waals surface area contributed by atoms with Gasteiger partial charge in [-0.25, -0.2) is 14.4 Å². The zero-order chi connectivity index (χ0) is 23.4. The molecule has 1 saturated carbocycles. The van der Waals surface area contributed by atoms with Gasteiger partial charge in [-0.1, -0.05) is 43.2 Å². The molecular weight excluding hydrogens is 423 g/mol. The third kappa shape index (κ3) is 5.20. The number of nitrogens with zero attached hydrogens (tertiary/aromatic N) is 2. The number of benzene rings is 1.